The first-order valence-corrected chi connectivity index (χ1v) is 12.6. The van der Waals surface area contributed by atoms with Crippen LogP contribution < -0.4 is 5.32 Å². The molecule has 1 atom stereocenters. The molecule has 1 aliphatic rings. The molecule has 0 spiro atoms. The molecular formula is C20H18FN3O3S3. The minimum atomic E-state index is -3.89. The van der Waals surface area contributed by atoms with E-state index in [-0.39, 0.29) is 23.2 Å². The highest BCUT2D eigenvalue weighted by atomic mass is 32.2. The lowest BCUT2D eigenvalue weighted by Crippen LogP contribution is -2.46. The summed E-state index contributed by atoms with van der Waals surface area (Å²) in [4.78, 5) is 17.2. The number of halogens is 1. The molecule has 1 amide bonds. The average molecular weight is 464 g/mol. The number of nitrogens with one attached hydrogen (secondary N) is 1. The monoisotopic (exact) mass is 463 g/mol. The van der Waals surface area contributed by atoms with Crippen molar-refractivity contribution in [3.05, 3.63) is 71.5 Å². The molecule has 156 valence electrons. The number of hydrogen-bond acceptors (Lipinski definition) is 6. The standard InChI is InChI=1S/C20H18FN3O3S3/c21-15-6-8-17(9-7-15)30(26,27)24-13-28-12-18(24)19(25)22-10-16-11-29-20(23-16)14-4-2-1-3-5-14/h1-9,11,18H,10,12-13H2,(H,22,25). The lowest BCUT2D eigenvalue weighted by Gasteiger charge is -2.22. The van der Waals surface area contributed by atoms with Gasteiger partial charge in [-0.2, -0.15) is 4.31 Å². The molecule has 0 bridgehead atoms. The van der Waals surface area contributed by atoms with Gasteiger partial charge in [-0.1, -0.05) is 30.3 Å². The van der Waals surface area contributed by atoms with Gasteiger partial charge in [0.25, 0.3) is 0 Å². The third kappa shape index (κ3) is 4.41. The van der Waals surface area contributed by atoms with E-state index in [1.807, 2.05) is 35.7 Å². The van der Waals surface area contributed by atoms with Crippen molar-refractivity contribution in [2.45, 2.75) is 17.5 Å². The maximum absolute atomic E-state index is 13.1. The molecule has 1 aromatic heterocycles. The molecule has 0 radical (unpaired) electrons. The van der Waals surface area contributed by atoms with Crippen molar-refractivity contribution in [3.63, 3.8) is 0 Å². The first-order valence-electron chi connectivity index (χ1n) is 9.08. The highest BCUT2D eigenvalue weighted by Crippen LogP contribution is 2.29. The first kappa shape index (κ1) is 21.0. The number of rotatable bonds is 6. The largest absolute Gasteiger partial charge is 0.349 e. The van der Waals surface area contributed by atoms with Gasteiger partial charge in [0, 0.05) is 16.7 Å². The van der Waals surface area contributed by atoms with Gasteiger partial charge < -0.3 is 5.32 Å². The number of sulfonamides is 1. The van der Waals surface area contributed by atoms with E-state index in [0.29, 0.717) is 11.4 Å². The van der Waals surface area contributed by atoms with E-state index in [0.717, 1.165) is 27.0 Å². The van der Waals surface area contributed by atoms with Gasteiger partial charge in [-0.3, -0.25) is 4.79 Å². The Labute approximate surface area is 182 Å². The normalized spacial score (nSPS) is 17.2. The second-order valence-electron chi connectivity index (χ2n) is 6.59. The number of hydrogen-bond donors (Lipinski definition) is 1. The Kier molecular flexibility index (Phi) is 6.19. The molecule has 2 heterocycles. The zero-order valence-electron chi connectivity index (χ0n) is 15.7. The third-order valence-corrected chi connectivity index (χ3v) is 8.57. The van der Waals surface area contributed by atoms with Gasteiger partial charge in [0.1, 0.15) is 16.9 Å². The fourth-order valence-electron chi connectivity index (χ4n) is 3.01. The summed E-state index contributed by atoms with van der Waals surface area (Å²) in [6.07, 6.45) is 0. The Balaban J connectivity index is 1.43. The molecule has 6 nitrogen and oxygen atoms in total. The number of amides is 1. The highest BCUT2D eigenvalue weighted by Gasteiger charge is 2.39. The lowest BCUT2D eigenvalue weighted by molar-refractivity contribution is -0.124. The van der Waals surface area contributed by atoms with Crippen LogP contribution in [0.3, 0.4) is 0 Å². The molecule has 3 aromatic rings. The van der Waals surface area contributed by atoms with Gasteiger partial charge in [0.15, 0.2) is 0 Å². The number of nitrogens with zero attached hydrogens (tertiary/aromatic N) is 2. The van der Waals surface area contributed by atoms with Gasteiger partial charge in [0.2, 0.25) is 15.9 Å². The second-order valence-corrected chi connectivity index (χ2v) is 10.3. The molecule has 0 aliphatic carbocycles. The highest BCUT2D eigenvalue weighted by molar-refractivity contribution is 8.00. The number of carbonyl (C=O) groups excluding carboxylic acids is 1. The van der Waals surface area contributed by atoms with Crippen molar-refractivity contribution in [2.24, 2.45) is 0 Å². The minimum absolute atomic E-state index is 0.0313. The molecule has 1 fully saturated rings. The topological polar surface area (TPSA) is 79.4 Å². The van der Waals surface area contributed by atoms with Gasteiger partial charge >= 0.3 is 0 Å². The molecule has 1 aliphatic heterocycles. The van der Waals surface area contributed by atoms with Crippen LogP contribution in [0.25, 0.3) is 10.6 Å². The van der Waals surface area contributed by atoms with Gasteiger partial charge in [0.05, 0.1) is 23.0 Å². The predicted octanol–water partition coefficient (Wildman–Crippen LogP) is 3.33. The molecule has 2 aromatic carbocycles. The van der Waals surface area contributed by atoms with Crippen LogP contribution in [-0.2, 0) is 21.4 Å². The number of thiazole rings is 1. The quantitative estimate of drug-likeness (QED) is 0.607. The summed E-state index contributed by atoms with van der Waals surface area (Å²) < 4.78 is 40.1. The second kappa shape index (κ2) is 8.84. The number of thioether (sulfide) groups is 1. The molecule has 10 heteroatoms. The molecular weight excluding hydrogens is 445 g/mol. The SMILES string of the molecule is O=C(NCc1csc(-c2ccccc2)n1)C1CSCN1S(=O)(=O)c1ccc(F)cc1. The minimum Gasteiger partial charge on any atom is -0.349 e. The van der Waals surface area contributed by atoms with Crippen LogP contribution in [0.2, 0.25) is 0 Å². The summed E-state index contributed by atoms with van der Waals surface area (Å²) in [5.41, 5.74) is 1.72. The van der Waals surface area contributed by atoms with E-state index in [1.54, 1.807) is 0 Å². The summed E-state index contributed by atoms with van der Waals surface area (Å²) in [5, 5.41) is 5.53. The summed E-state index contributed by atoms with van der Waals surface area (Å²) in [7, 11) is -3.89. The van der Waals surface area contributed by atoms with E-state index in [2.05, 4.69) is 10.3 Å². The van der Waals surface area contributed by atoms with Crippen LogP contribution in [0.15, 0.2) is 64.9 Å². The van der Waals surface area contributed by atoms with E-state index in [4.69, 9.17) is 0 Å². The lowest BCUT2D eigenvalue weighted by atomic mass is 10.2. The molecule has 4 rings (SSSR count). The van der Waals surface area contributed by atoms with Gasteiger partial charge in [-0.05, 0) is 24.3 Å². The molecule has 0 saturated carbocycles. The van der Waals surface area contributed by atoms with Crippen LogP contribution in [0.1, 0.15) is 5.69 Å². The van der Waals surface area contributed by atoms with Crippen molar-refractivity contribution in [1.29, 1.82) is 0 Å². The predicted molar refractivity (Wildman–Crippen MR) is 116 cm³/mol. The zero-order valence-corrected chi connectivity index (χ0v) is 18.1. The van der Waals surface area contributed by atoms with Crippen LogP contribution >= 0.6 is 23.1 Å². The molecule has 1 N–H and O–H groups in total. The summed E-state index contributed by atoms with van der Waals surface area (Å²) >= 11 is 2.85. The maximum atomic E-state index is 13.1. The van der Waals surface area contributed by atoms with Crippen molar-refractivity contribution in [3.8, 4) is 10.6 Å². The van der Waals surface area contributed by atoms with E-state index in [9.17, 15) is 17.6 Å². The maximum Gasteiger partial charge on any atom is 0.244 e. The number of benzene rings is 2. The van der Waals surface area contributed by atoms with Crippen molar-refractivity contribution >= 4 is 39.0 Å². The molecule has 1 unspecified atom stereocenters. The fourth-order valence-corrected chi connectivity index (χ4v) is 6.98. The van der Waals surface area contributed by atoms with Crippen LogP contribution in [-0.4, -0.2) is 41.3 Å². The fraction of sp³-hybridized carbons (Fsp3) is 0.200. The Morgan fingerprint density at radius 3 is 2.63 bits per heavy atom. The number of carbonyl (C=O) groups is 1. The van der Waals surface area contributed by atoms with Gasteiger partial charge in [-0.15, -0.1) is 23.1 Å². The Hall–Kier alpha value is -2.27. The van der Waals surface area contributed by atoms with Crippen molar-refractivity contribution < 1.29 is 17.6 Å². The van der Waals surface area contributed by atoms with E-state index in [1.165, 1.54) is 35.2 Å². The summed E-state index contributed by atoms with van der Waals surface area (Å²) in [5.74, 6) is -0.359. The average Bonchev–Trinajstić information content (AvgIpc) is 3.43. The van der Waals surface area contributed by atoms with Crippen LogP contribution in [0.4, 0.5) is 4.39 Å². The smallest absolute Gasteiger partial charge is 0.244 e. The number of aromatic nitrogens is 1. The van der Waals surface area contributed by atoms with Crippen molar-refractivity contribution in [1.82, 2.24) is 14.6 Å². The van der Waals surface area contributed by atoms with Crippen LogP contribution in [0.5, 0.6) is 0 Å². The summed E-state index contributed by atoms with van der Waals surface area (Å²) in [6, 6.07) is 13.5. The van der Waals surface area contributed by atoms with Crippen molar-refractivity contribution in [2.75, 3.05) is 11.6 Å². The Morgan fingerprint density at radius 1 is 1.17 bits per heavy atom. The Morgan fingerprint density at radius 2 is 1.90 bits per heavy atom. The van der Waals surface area contributed by atoms with Crippen LogP contribution in [0, 0.1) is 5.82 Å². The first-order chi connectivity index (χ1) is 14.4. The third-order valence-electron chi connectivity index (χ3n) is 4.58. The Bertz CT molecular complexity index is 1130. The molecule has 30 heavy (non-hydrogen) atoms. The summed E-state index contributed by atoms with van der Waals surface area (Å²) in [6.45, 7) is 0.216. The van der Waals surface area contributed by atoms with E-state index < -0.39 is 21.9 Å². The zero-order chi connectivity index (χ0) is 21.1. The van der Waals surface area contributed by atoms with E-state index >= 15 is 0 Å². The van der Waals surface area contributed by atoms with Gasteiger partial charge in [-0.25, -0.2) is 17.8 Å². The molecule has 1 saturated heterocycles.